The van der Waals surface area contributed by atoms with Gasteiger partial charge in [-0.2, -0.15) is 0 Å². The summed E-state index contributed by atoms with van der Waals surface area (Å²) < 4.78 is 6.87. The summed E-state index contributed by atoms with van der Waals surface area (Å²) >= 11 is 1.25. The van der Waals surface area contributed by atoms with Crippen molar-refractivity contribution in [3.8, 4) is 5.75 Å². The number of para-hydroxylation sites is 1. The Balaban J connectivity index is 1.73. The molecule has 0 saturated carbocycles. The van der Waals surface area contributed by atoms with E-state index >= 15 is 0 Å². The number of nitrogens with zero attached hydrogens (tertiary/aromatic N) is 2. The van der Waals surface area contributed by atoms with Gasteiger partial charge < -0.3 is 10.1 Å². The average Bonchev–Trinajstić information content (AvgIpc) is 2.67. The number of aromatic nitrogens is 2. The van der Waals surface area contributed by atoms with Crippen molar-refractivity contribution < 1.29 is 9.53 Å². The molecular weight excluding hydrogens is 362 g/mol. The zero-order chi connectivity index (χ0) is 19.4. The molecule has 0 radical (unpaired) electrons. The van der Waals surface area contributed by atoms with Crippen molar-refractivity contribution in [2.24, 2.45) is 7.05 Å². The lowest BCUT2D eigenvalue weighted by Gasteiger charge is -2.14. The Morgan fingerprint density at radius 1 is 1.22 bits per heavy atom. The molecule has 1 heterocycles. The number of carbonyl (C=O) groups is 1. The maximum Gasteiger partial charge on any atom is 0.261 e. The zero-order valence-electron chi connectivity index (χ0n) is 15.4. The molecule has 0 aliphatic carbocycles. The topological polar surface area (TPSA) is 73.2 Å². The van der Waals surface area contributed by atoms with Crippen LogP contribution in [0.3, 0.4) is 0 Å². The quantitative estimate of drug-likeness (QED) is 0.521. The van der Waals surface area contributed by atoms with Gasteiger partial charge in [0.15, 0.2) is 5.16 Å². The van der Waals surface area contributed by atoms with Gasteiger partial charge in [0.1, 0.15) is 5.75 Å². The van der Waals surface area contributed by atoms with Crippen LogP contribution >= 0.6 is 11.8 Å². The first-order valence-electron chi connectivity index (χ1n) is 8.65. The molecule has 0 aliphatic rings. The Bertz CT molecular complexity index is 1020. The van der Waals surface area contributed by atoms with Crippen LogP contribution in [0.4, 0.5) is 5.69 Å². The van der Waals surface area contributed by atoms with E-state index in [9.17, 15) is 9.59 Å². The third-order valence-electron chi connectivity index (χ3n) is 4.03. The molecule has 2 aromatic carbocycles. The number of hydrogen-bond donors (Lipinski definition) is 1. The highest BCUT2D eigenvalue weighted by Crippen LogP contribution is 2.23. The smallest absolute Gasteiger partial charge is 0.261 e. The van der Waals surface area contributed by atoms with Gasteiger partial charge >= 0.3 is 0 Å². The summed E-state index contributed by atoms with van der Waals surface area (Å²) in [5.74, 6) is 0.597. The van der Waals surface area contributed by atoms with Crippen LogP contribution in [0.25, 0.3) is 10.9 Å². The standard InChI is InChI=1S/C20H21N3O3S/c1-4-26-15-11-9-14(10-12-15)21-18(24)13(2)27-20-22-17-8-6-5-7-16(17)19(25)23(20)3/h5-13H,4H2,1-3H3,(H,21,24). The fourth-order valence-corrected chi connectivity index (χ4v) is 3.43. The first kappa shape index (κ1) is 19.0. The Morgan fingerprint density at radius 2 is 1.93 bits per heavy atom. The molecule has 3 aromatic rings. The number of nitrogens with one attached hydrogen (secondary N) is 1. The van der Waals surface area contributed by atoms with Gasteiger partial charge in [0.25, 0.3) is 5.56 Å². The van der Waals surface area contributed by atoms with Crippen LogP contribution in [0.2, 0.25) is 0 Å². The molecule has 27 heavy (non-hydrogen) atoms. The number of fused-ring (bicyclic) bond motifs is 1. The van der Waals surface area contributed by atoms with E-state index in [0.717, 1.165) is 5.75 Å². The van der Waals surface area contributed by atoms with Gasteiger partial charge in [0.05, 0.1) is 22.8 Å². The maximum absolute atomic E-state index is 12.5. The van der Waals surface area contributed by atoms with Crippen LogP contribution in [-0.2, 0) is 11.8 Å². The van der Waals surface area contributed by atoms with E-state index in [4.69, 9.17) is 4.74 Å². The van der Waals surface area contributed by atoms with Gasteiger partial charge in [-0.05, 0) is 50.2 Å². The van der Waals surface area contributed by atoms with Crippen LogP contribution in [0.15, 0.2) is 58.5 Å². The minimum atomic E-state index is -0.421. The molecule has 7 heteroatoms. The lowest BCUT2D eigenvalue weighted by atomic mass is 10.2. The molecule has 0 bridgehead atoms. The van der Waals surface area contributed by atoms with Gasteiger partial charge in [-0.1, -0.05) is 23.9 Å². The molecule has 0 spiro atoms. The summed E-state index contributed by atoms with van der Waals surface area (Å²) in [7, 11) is 1.67. The Morgan fingerprint density at radius 3 is 2.63 bits per heavy atom. The fraction of sp³-hybridized carbons (Fsp3) is 0.250. The predicted octanol–water partition coefficient (Wildman–Crippen LogP) is 3.45. The normalized spacial score (nSPS) is 12.0. The van der Waals surface area contributed by atoms with Crippen molar-refractivity contribution in [3.05, 3.63) is 58.9 Å². The summed E-state index contributed by atoms with van der Waals surface area (Å²) in [5, 5.41) is 3.52. The van der Waals surface area contributed by atoms with E-state index in [0.29, 0.717) is 28.4 Å². The van der Waals surface area contributed by atoms with Crippen molar-refractivity contribution in [1.29, 1.82) is 0 Å². The molecular formula is C20H21N3O3S. The highest BCUT2D eigenvalue weighted by Gasteiger charge is 2.18. The molecule has 6 nitrogen and oxygen atoms in total. The molecule has 1 atom stereocenters. The van der Waals surface area contributed by atoms with Crippen LogP contribution in [0, 0.1) is 0 Å². The highest BCUT2D eigenvalue weighted by atomic mass is 32.2. The van der Waals surface area contributed by atoms with E-state index in [2.05, 4.69) is 10.3 Å². The van der Waals surface area contributed by atoms with Gasteiger partial charge in [-0.3, -0.25) is 14.2 Å². The van der Waals surface area contributed by atoms with Gasteiger partial charge in [0.2, 0.25) is 5.91 Å². The predicted molar refractivity (Wildman–Crippen MR) is 109 cm³/mol. The van der Waals surface area contributed by atoms with E-state index in [1.807, 2.05) is 31.2 Å². The van der Waals surface area contributed by atoms with Crippen molar-refractivity contribution in [3.63, 3.8) is 0 Å². The number of anilines is 1. The molecule has 1 N–H and O–H groups in total. The van der Waals surface area contributed by atoms with E-state index in [-0.39, 0.29) is 11.5 Å². The number of hydrogen-bond acceptors (Lipinski definition) is 5. The van der Waals surface area contributed by atoms with E-state index in [1.54, 1.807) is 38.2 Å². The molecule has 1 amide bonds. The number of carbonyl (C=O) groups excluding carboxylic acids is 1. The first-order chi connectivity index (χ1) is 13.0. The third-order valence-corrected chi connectivity index (χ3v) is 5.17. The Hall–Kier alpha value is -2.80. The average molecular weight is 383 g/mol. The zero-order valence-corrected chi connectivity index (χ0v) is 16.2. The van der Waals surface area contributed by atoms with Crippen molar-refractivity contribution >= 4 is 34.3 Å². The fourth-order valence-electron chi connectivity index (χ4n) is 2.56. The number of benzene rings is 2. The number of ether oxygens (including phenoxy) is 1. The van der Waals surface area contributed by atoms with Crippen molar-refractivity contribution in [1.82, 2.24) is 9.55 Å². The van der Waals surface area contributed by atoms with E-state index < -0.39 is 5.25 Å². The number of amides is 1. The molecule has 3 rings (SSSR count). The first-order valence-corrected chi connectivity index (χ1v) is 9.53. The monoisotopic (exact) mass is 383 g/mol. The second kappa shape index (κ2) is 8.26. The van der Waals surface area contributed by atoms with Gasteiger partial charge in [0, 0.05) is 12.7 Å². The minimum Gasteiger partial charge on any atom is -0.494 e. The summed E-state index contributed by atoms with van der Waals surface area (Å²) in [6.07, 6.45) is 0. The van der Waals surface area contributed by atoms with Gasteiger partial charge in [-0.25, -0.2) is 4.98 Å². The van der Waals surface area contributed by atoms with Crippen molar-refractivity contribution in [2.45, 2.75) is 24.3 Å². The Labute approximate surface area is 161 Å². The molecule has 0 aliphatic heterocycles. The van der Waals surface area contributed by atoms with Crippen LogP contribution in [0.1, 0.15) is 13.8 Å². The summed E-state index contributed by atoms with van der Waals surface area (Å²) in [6.45, 7) is 4.30. The third kappa shape index (κ3) is 4.31. The molecule has 1 aromatic heterocycles. The largest absolute Gasteiger partial charge is 0.494 e. The van der Waals surface area contributed by atoms with Gasteiger partial charge in [-0.15, -0.1) is 0 Å². The lowest BCUT2D eigenvalue weighted by Crippen LogP contribution is -2.25. The highest BCUT2D eigenvalue weighted by molar-refractivity contribution is 8.00. The lowest BCUT2D eigenvalue weighted by molar-refractivity contribution is -0.115. The molecule has 140 valence electrons. The maximum atomic E-state index is 12.5. The van der Waals surface area contributed by atoms with Crippen LogP contribution in [-0.4, -0.2) is 27.3 Å². The number of rotatable bonds is 6. The van der Waals surface area contributed by atoms with E-state index in [1.165, 1.54) is 16.3 Å². The molecule has 1 unspecified atom stereocenters. The Kier molecular flexibility index (Phi) is 5.81. The summed E-state index contributed by atoms with van der Waals surface area (Å²) in [5.41, 5.74) is 1.20. The summed E-state index contributed by atoms with van der Waals surface area (Å²) in [6, 6.07) is 14.4. The number of thioether (sulfide) groups is 1. The summed E-state index contributed by atoms with van der Waals surface area (Å²) in [4.78, 5) is 29.5. The van der Waals surface area contributed by atoms with Crippen LogP contribution in [0.5, 0.6) is 5.75 Å². The molecule has 0 fully saturated rings. The molecule has 0 saturated heterocycles. The van der Waals surface area contributed by atoms with Crippen LogP contribution < -0.4 is 15.6 Å². The minimum absolute atomic E-state index is 0.123. The van der Waals surface area contributed by atoms with Crippen molar-refractivity contribution in [2.75, 3.05) is 11.9 Å². The second-order valence-corrected chi connectivity index (χ2v) is 7.29. The second-order valence-electron chi connectivity index (χ2n) is 5.98. The SMILES string of the molecule is CCOc1ccc(NC(=O)C(C)Sc2nc3ccccc3c(=O)n2C)cc1.